The summed E-state index contributed by atoms with van der Waals surface area (Å²) in [5.41, 5.74) is 1.09. The maximum Gasteiger partial charge on any atom is 0.214 e. The van der Waals surface area contributed by atoms with Crippen LogP contribution in [0.1, 0.15) is 37.7 Å². The Bertz CT molecular complexity index is 514. The first-order chi connectivity index (χ1) is 9.54. The summed E-state index contributed by atoms with van der Waals surface area (Å²) in [4.78, 5) is 0. The maximum absolute atomic E-state index is 12.6. The zero-order valence-corrected chi connectivity index (χ0v) is 14.2. The summed E-state index contributed by atoms with van der Waals surface area (Å²) in [7, 11) is -3.19. The first-order valence-electron chi connectivity index (χ1n) is 7.15. The number of benzene rings is 1. The second-order valence-corrected chi connectivity index (χ2v) is 8.23. The van der Waals surface area contributed by atoms with Gasteiger partial charge in [0, 0.05) is 17.9 Å². The molecule has 0 bridgehead atoms. The molecule has 5 heteroatoms. The molecule has 112 valence electrons. The second kappa shape index (κ2) is 7.05. The van der Waals surface area contributed by atoms with Crippen LogP contribution in [-0.4, -0.2) is 36.4 Å². The van der Waals surface area contributed by atoms with Gasteiger partial charge in [-0.25, -0.2) is 8.42 Å². The summed E-state index contributed by atoms with van der Waals surface area (Å²) < 4.78 is 27.0. The molecule has 1 aliphatic carbocycles. The summed E-state index contributed by atoms with van der Waals surface area (Å²) in [5, 5.41) is 0.697. The smallest absolute Gasteiger partial charge is 0.212 e. The molecule has 20 heavy (non-hydrogen) atoms. The molecule has 0 radical (unpaired) electrons. The van der Waals surface area contributed by atoms with Gasteiger partial charge >= 0.3 is 0 Å². The van der Waals surface area contributed by atoms with Crippen molar-refractivity contribution in [1.82, 2.24) is 4.31 Å². The molecule has 0 heterocycles. The highest BCUT2D eigenvalue weighted by Gasteiger charge is 2.34. The zero-order valence-electron chi connectivity index (χ0n) is 11.8. The van der Waals surface area contributed by atoms with Gasteiger partial charge in [0.05, 0.1) is 5.75 Å². The molecule has 0 saturated heterocycles. The van der Waals surface area contributed by atoms with Gasteiger partial charge in [-0.05, 0) is 24.3 Å². The lowest BCUT2D eigenvalue weighted by atomic mass is 9.93. The summed E-state index contributed by atoms with van der Waals surface area (Å²) in [6, 6.07) is 10.1. The van der Waals surface area contributed by atoms with E-state index in [1.54, 1.807) is 4.31 Å². The van der Waals surface area contributed by atoms with Crippen molar-refractivity contribution in [3.8, 4) is 0 Å². The van der Waals surface area contributed by atoms with Gasteiger partial charge in [0.1, 0.15) is 0 Å². The van der Waals surface area contributed by atoms with Gasteiger partial charge in [-0.15, -0.1) is 0 Å². The first kappa shape index (κ1) is 16.0. The molecule has 0 N–H and O–H groups in total. The Labute approximate surface area is 130 Å². The predicted octanol–water partition coefficient (Wildman–Crippen LogP) is 3.37. The van der Waals surface area contributed by atoms with Gasteiger partial charge in [-0.3, -0.25) is 0 Å². The van der Waals surface area contributed by atoms with E-state index in [2.05, 4.69) is 15.9 Å². The Morgan fingerprint density at radius 1 is 1.30 bits per heavy atom. The molecule has 1 fully saturated rings. The summed E-state index contributed by atoms with van der Waals surface area (Å²) in [6.07, 6.45) is 3.16. The minimum absolute atomic E-state index is 0.0269. The van der Waals surface area contributed by atoms with E-state index in [1.165, 1.54) is 0 Å². The molecule has 1 saturated carbocycles. The quantitative estimate of drug-likeness (QED) is 0.699. The number of nitrogens with zero attached hydrogens (tertiary/aromatic N) is 1. The van der Waals surface area contributed by atoms with Gasteiger partial charge in [0.2, 0.25) is 10.0 Å². The van der Waals surface area contributed by atoms with Crippen LogP contribution in [0.25, 0.3) is 0 Å². The lowest BCUT2D eigenvalue weighted by Crippen LogP contribution is -2.46. The highest BCUT2D eigenvalue weighted by atomic mass is 79.9. The summed E-state index contributed by atoms with van der Waals surface area (Å²) >= 11 is 3.37. The number of hydrogen-bond donors (Lipinski definition) is 0. The van der Waals surface area contributed by atoms with Gasteiger partial charge in [-0.1, -0.05) is 59.6 Å². The minimum Gasteiger partial charge on any atom is -0.212 e. The van der Waals surface area contributed by atoms with Crippen molar-refractivity contribution in [2.45, 2.75) is 38.1 Å². The van der Waals surface area contributed by atoms with Crippen LogP contribution in [-0.2, 0) is 10.0 Å². The molecule has 0 spiro atoms. The molecule has 0 aromatic heterocycles. The molecule has 1 aliphatic rings. The largest absolute Gasteiger partial charge is 0.214 e. The Balaban J connectivity index is 2.08. The molecule has 0 amide bonds. The third-order valence-corrected chi connectivity index (χ3v) is 6.44. The molecule has 1 atom stereocenters. The van der Waals surface area contributed by atoms with Crippen molar-refractivity contribution < 1.29 is 8.42 Å². The van der Waals surface area contributed by atoms with E-state index in [0.29, 0.717) is 11.9 Å². The lowest BCUT2D eigenvalue weighted by Gasteiger charge is -2.36. The van der Waals surface area contributed by atoms with Crippen LogP contribution in [0.4, 0.5) is 0 Å². The number of sulfonamides is 1. The van der Waals surface area contributed by atoms with Gasteiger partial charge in [0.25, 0.3) is 0 Å². The Morgan fingerprint density at radius 2 is 1.95 bits per heavy atom. The van der Waals surface area contributed by atoms with E-state index in [9.17, 15) is 8.42 Å². The molecule has 3 nitrogen and oxygen atoms in total. The van der Waals surface area contributed by atoms with Crippen LogP contribution in [0.15, 0.2) is 30.3 Å². The second-order valence-electron chi connectivity index (χ2n) is 5.47. The molecule has 0 aliphatic heterocycles. The van der Waals surface area contributed by atoms with E-state index < -0.39 is 10.0 Å². The van der Waals surface area contributed by atoms with E-state index >= 15 is 0 Å². The van der Waals surface area contributed by atoms with Crippen molar-refractivity contribution in [2.24, 2.45) is 0 Å². The predicted molar refractivity (Wildman–Crippen MR) is 86.8 cm³/mol. The van der Waals surface area contributed by atoms with Crippen molar-refractivity contribution in [3.05, 3.63) is 35.9 Å². The van der Waals surface area contributed by atoms with Crippen LogP contribution < -0.4 is 0 Å². The molecule has 2 rings (SSSR count). The SMILES string of the molecule is CC(CS(=O)(=O)N(CCBr)C1CCC1)c1ccccc1. The van der Waals surface area contributed by atoms with Crippen molar-refractivity contribution in [1.29, 1.82) is 0 Å². The number of halogens is 1. The van der Waals surface area contributed by atoms with Crippen LogP contribution in [0.5, 0.6) is 0 Å². The highest BCUT2D eigenvalue weighted by molar-refractivity contribution is 9.09. The van der Waals surface area contributed by atoms with E-state index in [-0.39, 0.29) is 17.7 Å². The summed E-state index contributed by atoms with van der Waals surface area (Å²) in [6.45, 7) is 2.56. The molecular weight excluding hydrogens is 338 g/mol. The fraction of sp³-hybridized carbons (Fsp3) is 0.600. The number of rotatable bonds is 7. The average Bonchev–Trinajstić information content (AvgIpc) is 2.36. The third kappa shape index (κ3) is 3.83. The Kier molecular flexibility index (Phi) is 5.64. The summed E-state index contributed by atoms with van der Waals surface area (Å²) in [5.74, 6) is 0.222. The standard InChI is InChI=1S/C15H22BrNO2S/c1-13(14-6-3-2-4-7-14)12-20(18,19)17(11-10-16)15-8-5-9-15/h2-4,6-7,13,15H,5,8-12H2,1H3. The monoisotopic (exact) mass is 359 g/mol. The lowest BCUT2D eigenvalue weighted by molar-refractivity contribution is 0.228. The van der Waals surface area contributed by atoms with Crippen molar-refractivity contribution >= 4 is 26.0 Å². The maximum atomic E-state index is 12.6. The molecule has 1 aromatic rings. The van der Waals surface area contributed by atoms with Gasteiger partial charge in [-0.2, -0.15) is 4.31 Å². The zero-order chi connectivity index (χ0) is 14.6. The van der Waals surface area contributed by atoms with Crippen molar-refractivity contribution in [3.63, 3.8) is 0 Å². The van der Waals surface area contributed by atoms with E-state index in [1.807, 2.05) is 37.3 Å². The minimum atomic E-state index is -3.19. The van der Waals surface area contributed by atoms with Crippen LogP contribution in [0.3, 0.4) is 0 Å². The molecular formula is C15H22BrNO2S. The van der Waals surface area contributed by atoms with Gasteiger partial charge < -0.3 is 0 Å². The van der Waals surface area contributed by atoms with Gasteiger partial charge in [0.15, 0.2) is 0 Å². The fourth-order valence-corrected chi connectivity index (χ4v) is 5.26. The highest BCUT2D eigenvalue weighted by Crippen LogP contribution is 2.29. The topological polar surface area (TPSA) is 37.4 Å². The number of hydrogen-bond acceptors (Lipinski definition) is 2. The average molecular weight is 360 g/mol. The fourth-order valence-electron chi connectivity index (χ4n) is 2.60. The molecule has 1 unspecified atom stereocenters. The Morgan fingerprint density at radius 3 is 2.45 bits per heavy atom. The Hall–Kier alpha value is -0.390. The van der Waals surface area contributed by atoms with E-state index in [0.717, 1.165) is 24.8 Å². The van der Waals surface area contributed by atoms with Crippen molar-refractivity contribution in [2.75, 3.05) is 17.6 Å². The van der Waals surface area contributed by atoms with Crippen LogP contribution >= 0.6 is 15.9 Å². The number of alkyl halides is 1. The third-order valence-electron chi connectivity index (χ3n) is 3.97. The van der Waals surface area contributed by atoms with Crippen LogP contribution in [0, 0.1) is 0 Å². The first-order valence-corrected chi connectivity index (χ1v) is 9.88. The molecule has 1 aromatic carbocycles. The van der Waals surface area contributed by atoms with Crippen LogP contribution in [0.2, 0.25) is 0 Å². The normalized spacial score (nSPS) is 17.9. The van der Waals surface area contributed by atoms with E-state index in [4.69, 9.17) is 0 Å².